The number of nitrogens with zero attached hydrogens (tertiary/aromatic N) is 1. The van der Waals surface area contributed by atoms with Gasteiger partial charge < -0.3 is 11.1 Å². The largest absolute Gasteiger partial charge is 0.328 e. The number of pyridine rings is 1. The first-order valence-corrected chi connectivity index (χ1v) is 6.02. The van der Waals surface area contributed by atoms with Crippen LogP contribution in [0.25, 0.3) is 0 Å². The number of nitrogens with one attached hydrogen (secondary N) is 1. The van der Waals surface area contributed by atoms with Gasteiger partial charge in [-0.15, -0.1) is 0 Å². The Morgan fingerprint density at radius 3 is 3.06 bits per heavy atom. The minimum atomic E-state index is -0.112. The van der Waals surface area contributed by atoms with E-state index in [2.05, 4.69) is 26.2 Å². The predicted molar refractivity (Wildman–Crippen MR) is 68.5 cm³/mol. The molecule has 0 aromatic carbocycles. The van der Waals surface area contributed by atoms with Crippen LogP contribution in [0.2, 0.25) is 5.15 Å². The summed E-state index contributed by atoms with van der Waals surface area (Å²) in [6.45, 7) is 1.86. The van der Waals surface area contributed by atoms with Gasteiger partial charge in [-0.05, 0) is 35.3 Å². The van der Waals surface area contributed by atoms with Gasteiger partial charge in [-0.25, -0.2) is 4.98 Å². The van der Waals surface area contributed by atoms with Crippen LogP contribution in [-0.4, -0.2) is 16.9 Å². The van der Waals surface area contributed by atoms with Gasteiger partial charge in [-0.2, -0.15) is 0 Å². The van der Waals surface area contributed by atoms with Crippen LogP contribution in [0.1, 0.15) is 19.8 Å². The Morgan fingerprint density at radius 1 is 1.75 bits per heavy atom. The van der Waals surface area contributed by atoms with Crippen molar-refractivity contribution < 1.29 is 4.79 Å². The average Bonchev–Trinajstić information content (AvgIpc) is 2.20. The lowest BCUT2D eigenvalue weighted by atomic mass is 10.2. The van der Waals surface area contributed by atoms with E-state index in [0.29, 0.717) is 18.5 Å². The van der Waals surface area contributed by atoms with Gasteiger partial charge >= 0.3 is 0 Å². The van der Waals surface area contributed by atoms with E-state index < -0.39 is 0 Å². The first-order chi connectivity index (χ1) is 7.49. The smallest absolute Gasteiger partial charge is 0.224 e. The number of nitrogens with two attached hydrogens (primary N) is 1. The number of aromatic nitrogens is 1. The lowest BCUT2D eigenvalue weighted by molar-refractivity contribution is -0.116. The van der Waals surface area contributed by atoms with E-state index in [9.17, 15) is 4.79 Å². The molecule has 0 saturated carbocycles. The minimum absolute atomic E-state index is 0.0156. The number of amides is 1. The van der Waals surface area contributed by atoms with Gasteiger partial charge in [0.05, 0.1) is 5.69 Å². The van der Waals surface area contributed by atoms with Crippen LogP contribution in [0.5, 0.6) is 0 Å². The molecule has 1 amide bonds. The third-order valence-electron chi connectivity index (χ3n) is 1.91. The fourth-order valence-corrected chi connectivity index (χ4v) is 1.56. The summed E-state index contributed by atoms with van der Waals surface area (Å²) in [6, 6.07) is 1.72. The molecule has 88 valence electrons. The second-order valence-corrected chi connectivity index (χ2v) is 4.83. The molecule has 1 rings (SSSR count). The highest BCUT2D eigenvalue weighted by molar-refractivity contribution is 9.10. The Kier molecular flexibility index (Phi) is 5.18. The van der Waals surface area contributed by atoms with Crippen LogP contribution >= 0.6 is 27.5 Å². The third kappa shape index (κ3) is 4.47. The molecule has 1 aromatic heterocycles. The van der Waals surface area contributed by atoms with Crippen molar-refractivity contribution in [2.24, 2.45) is 5.73 Å². The van der Waals surface area contributed by atoms with Gasteiger partial charge in [0.15, 0.2) is 5.15 Å². The number of halogens is 2. The molecule has 0 spiro atoms. The zero-order valence-corrected chi connectivity index (χ0v) is 11.2. The highest BCUT2D eigenvalue weighted by Gasteiger charge is 2.08. The van der Waals surface area contributed by atoms with E-state index in [1.165, 1.54) is 0 Å². The maximum Gasteiger partial charge on any atom is 0.224 e. The van der Waals surface area contributed by atoms with Crippen molar-refractivity contribution in [3.8, 4) is 0 Å². The summed E-state index contributed by atoms with van der Waals surface area (Å²) in [5.41, 5.74) is 6.07. The Bertz CT molecular complexity index is 384. The third-order valence-corrected chi connectivity index (χ3v) is 2.64. The van der Waals surface area contributed by atoms with Crippen LogP contribution in [0.3, 0.4) is 0 Å². The molecular weight excluding hydrogens is 293 g/mol. The fraction of sp³-hybridized carbons (Fsp3) is 0.400. The Morgan fingerprint density at radius 2 is 2.44 bits per heavy atom. The van der Waals surface area contributed by atoms with Gasteiger partial charge in [-0.3, -0.25) is 4.79 Å². The molecular formula is C10H13BrClN3O. The Labute approximate surface area is 108 Å². The van der Waals surface area contributed by atoms with Gasteiger partial charge in [0.2, 0.25) is 5.91 Å². The molecule has 0 bridgehead atoms. The van der Waals surface area contributed by atoms with E-state index in [4.69, 9.17) is 17.3 Å². The van der Waals surface area contributed by atoms with Gasteiger partial charge in [0, 0.05) is 23.1 Å². The topological polar surface area (TPSA) is 68.0 Å². The number of hydrogen-bond donors (Lipinski definition) is 2. The van der Waals surface area contributed by atoms with Crippen LogP contribution in [0.15, 0.2) is 16.7 Å². The highest BCUT2D eigenvalue weighted by atomic mass is 79.9. The summed E-state index contributed by atoms with van der Waals surface area (Å²) in [6.07, 6.45) is 2.59. The van der Waals surface area contributed by atoms with Crippen LogP contribution in [0, 0.1) is 0 Å². The molecule has 1 heterocycles. The predicted octanol–water partition coefficient (Wildman–Crippen LogP) is 2.56. The van der Waals surface area contributed by atoms with E-state index in [1.54, 1.807) is 12.3 Å². The molecule has 0 radical (unpaired) electrons. The second kappa shape index (κ2) is 6.18. The zero-order valence-electron chi connectivity index (χ0n) is 8.84. The second-order valence-electron chi connectivity index (χ2n) is 3.56. The minimum Gasteiger partial charge on any atom is -0.328 e. The molecule has 1 atom stereocenters. The van der Waals surface area contributed by atoms with Crippen molar-refractivity contribution >= 4 is 39.1 Å². The highest BCUT2D eigenvalue weighted by Crippen LogP contribution is 2.23. The molecule has 1 aromatic rings. The van der Waals surface area contributed by atoms with Crippen LogP contribution in [0.4, 0.5) is 5.69 Å². The lowest BCUT2D eigenvalue weighted by Gasteiger charge is -2.08. The van der Waals surface area contributed by atoms with Crippen LogP contribution in [-0.2, 0) is 4.79 Å². The van der Waals surface area contributed by atoms with Gasteiger partial charge in [0.1, 0.15) is 0 Å². The maximum absolute atomic E-state index is 11.5. The Balaban J connectivity index is 2.59. The normalized spacial score (nSPS) is 12.2. The molecule has 0 aliphatic rings. The molecule has 0 saturated heterocycles. The first-order valence-electron chi connectivity index (χ1n) is 4.85. The molecule has 0 fully saturated rings. The number of carbonyl (C=O) groups excluding carboxylic acids is 1. The van der Waals surface area contributed by atoms with Gasteiger partial charge in [0.25, 0.3) is 0 Å². The average molecular weight is 307 g/mol. The summed E-state index contributed by atoms with van der Waals surface area (Å²) in [7, 11) is 0. The molecule has 6 heteroatoms. The quantitative estimate of drug-likeness (QED) is 0.840. The SMILES string of the molecule is CC(N)CCC(=O)Nc1cc(Br)cnc1Cl. The van der Waals surface area contributed by atoms with E-state index in [-0.39, 0.29) is 17.1 Å². The van der Waals surface area contributed by atoms with E-state index in [0.717, 1.165) is 4.47 Å². The van der Waals surface area contributed by atoms with Crippen molar-refractivity contribution in [3.63, 3.8) is 0 Å². The number of rotatable bonds is 4. The van der Waals surface area contributed by atoms with Crippen molar-refractivity contribution in [2.75, 3.05) is 5.32 Å². The number of hydrogen-bond acceptors (Lipinski definition) is 3. The number of carbonyl (C=O) groups is 1. The van der Waals surface area contributed by atoms with Crippen LogP contribution < -0.4 is 11.1 Å². The summed E-state index contributed by atoms with van der Waals surface area (Å²) >= 11 is 9.09. The van der Waals surface area contributed by atoms with Crippen molar-refractivity contribution in [3.05, 3.63) is 21.9 Å². The number of anilines is 1. The van der Waals surface area contributed by atoms with E-state index >= 15 is 0 Å². The monoisotopic (exact) mass is 305 g/mol. The maximum atomic E-state index is 11.5. The standard InChI is InChI=1S/C10H13BrClN3O/c1-6(13)2-3-9(16)15-8-4-7(11)5-14-10(8)12/h4-6H,2-3,13H2,1H3,(H,15,16). The molecule has 0 aliphatic carbocycles. The van der Waals surface area contributed by atoms with Crippen molar-refractivity contribution in [1.29, 1.82) is 0 Å². The summed E-state index contributed by atoms with van der Waals surface area (Å²) in [4.78, 5) is 15.4. The zero-order chi connectivity index (χ0) is 12.1. The first kappa shape index (κ1) is 13.4. The molecule has 3 N–H and O–H groups in total. The summed E-state index contributed by atoms with van der Waals surface area (Å²) < 4.78 is 0.763. The summed E-state index contributed by atoms with van der Waals surface area (Å²) in [5.74, 6) is -0.112. The molecule has 1 unspecified atom stereocenters. The molecule has 0 aliphatic heterocycles. The van der Waals surface area contributed by atoms with Gasteiger partial charge in [-0.1, -0.05) is 11.6 Å². The molecule has 4 nitrogen and oxygen atoms in total. The lowest BCUT2D eigenvalue weighted by Crippen LogP contribution is -2.19. The molecule has 16 heavy (non-hydrogen) atoms. The van der Waals surface area contributed by atoms with Crippen molar-refractivity contribution in [2.45, 2.75) is 25.8 Å². The van der Waals surface area contributed by atoms with E-state index in [1.807, 2.05) is 6.92 Å². The van der Waals surface area contributed by atoms with Crippen molar-refractivity contribution in [1.82, 2.24) is 4.98 Å². The fourth-order valence-electron chi connectivity index (χ4n) is 1.08. The Hall–Kier alpha value is -0.650. The summed E-state index contributed by atoms with van der Waals surface area (Å²) in [5, 5.41) is 2.96.